The van der Waals surface area contributed by atoms with Gasteiger partial charge in [0.15, 0.2) is 0 Å². The minimum atomic E-state index is -0.00674. The van der Waals surface area contributed by atoms with Crippen molar-refractivity contribution < 1.29 is 5.21 Å². The zero-order valence-corrected chi connectivity index (χ0v) is 12.6. The Kier molecular flexibility index (Phi) is 6.42. The summed E-state index contributed by atoms with van der Waals surface area (Å²) in [7, 11) is 0. The number of rotatable bonds is 6. The maximum absolute atomic E-state index is 8.66. The Balaban J connectivity index is 2.68. The van der Waals surface area contributed by atoms with Gasteiger partial charge in [0.05, 0.1) is 10.0 Å². The van der Waals surface area contributed by atoms with E-state index in [4.69, 9.17) is 34.1 Å². The van der Waals surface area contributed by atoms with Crippen LogP contribution < -0.4 is 5.73 Å². The van der Waals surface area contributed by atoms with Crippen LogP contribution in [0.1, 0.15) is 19.4 Å². The molecule has 0 amide bonds. The lowest BCUT2D eigenvalue weighted by atomic mass is 10.1. The third kappa shape index (κ3) is 4.90. The molecule has 19 heavy (non-hydrogen) atoms. The van der Waals surface area contributed by atoms with Gasteiger partial charge in [0.2, 0.25) is 0 Å². The summed E-state index contributed by atoms with van der Waals surface area (Å²) < 4.78 is 0. The topological polar surface area (TPSA) is 61.8 Å². The van der Waals surface area contributed by atoms with Crippen molar-refractivity contribution in [2.75, 3.05) is 13.1 Å². The Labute approximate surface area is 123 Å². The van der Waals surface area contributed by atoms with Crippen molar-refractivity contribution in [2.24, 2.45) is 16.8 Å². The molecule has 1 rings (SSSR count). The molecule has 0 bridgehead atoms. The van der Waals surface area contributed by atoms with Crippen LogP contribution in [-0.2, 0) is 6.54 Å². The molecule has 1 unspecified atom stereocenters. The summed E-state index contributed by atoms with van der Waals surface area (Å²) in [6, 6.07) is 5.60. The van der Waals surface area contributed by atoms with E-state index in [2.05, 4.69) is 17.0 Å². The highest BCUT2D eigenvalue weighted by molar-refractivity contribution is 6.42. The molecule has 4 nitrogen and oxygen atoms in total. The van der Waals surface area contributed by atoms with E-state index in [1.54, 1.807) is 6.07 Å². The summed E-state index contributed by atoms with van der Waals surface area (Å²) in [5.74, 6) is 0.236. The van der Waals surface area contributed by atoms with Gasteiger partial charge in [-0.25, -0.2) is 0 Å². The summed E-state index contributed by atoms with van der Waals surface area (Å²) in [6.45, 7) is 6.31. The lowest BCUT2D eigenvalue weighted by molar-refractivity contribution is 0.257. The van der Waals surface area contributed by atoms with Crippen LogP contribution in [0.25, 0.3) is 0 Å². The molecule has 0 fully saturated rings. The third-order valence-corrected chi connectivity index (χ3v) is 3.73. The van der Waals surface area contributed by atoms with Gasteiger partial charge < -0.3 is 10.9 Å². The van der Waals surface area contributed by atoms with Crippen LogP contribution in [0.2, 0.25) is 10.0 Å². The second-order valence-corrected chi connectivity index (χ2v) is 5.32. The minimum absolute atomic E-state index is 0.00674. The first-order chi connectivity index (χ1) is 8.97. The van der Waals surface area contributed by atoms with E-state index >= 15 is 0 Å². The van der Waals surface area contributed by atoms with E-state index in [1.165, 1.54) is 0 Å². The van der Waals surface area contributed by atoms with Gasteiger partial charge in [-0.15, -0.1) is 0 Å². The average molecular weight is 304 g/mol. The van der Waals surface area contributed by atoms with Crippen molar-refractivity contribution in [1.82, 2.24) is 4.90 Å². The molecular formula is C13H19Cl2N3O. The molecule has 0 aliphatic carbocycles. The molecule has 1 aromatic carbocycles. The molecular weight excluding hydrogens is 285 g/mol. The van der Waals surface area contributed by atoms with Crippen molar-refractivity contribution in [3.05, 3.63) is 33.8 Å². The first kappa shape index (κ1) is 16.1. The smallest absolute Gasteiger partial charge is 0.143 e. The Hall–Kier alpha value is -0.970. The van der Waals surface area contributed by atoms with E-state index in [0.717, 1.165) is 18.7 Å². The van der Waals surface area contributed by atoms with Crippen molar-refractivity contribution in [1.29, 1.82) is 0 Å². The normalized spacial score (nSPS) is 13.8. The number of hydrogen-bond acceptors (Lipinski definition) is 3. The molecule has 3 N–H and O–H groups in total. The van der Waals surface area contributed by atoms with E-state index in [0.29, 0.717) is 16.6 Å². The summed E-state index contributed by atoms with van der Waals surface area (Å²) in [4.78, 5) is 2.20. The van der Waals surface area contributed by atoms with Crippen molar-refractivity contribution in [3.63, 3.8) is 0 Å². The summed E-state index contributed by atoms with van der Waals surface area (Å²) >= 11 is 11.9. The van der Waals surface area contributed by atoms with Crippen molar-refractivity contribution in [3.8, 4) is 0 Å². The molecule has 1 atom stereocenters. The fourth-order valence-electron chi connectivity index (χ4n) is 1.78. The van der Waals surface area contributed by atoms with Gasteiger partial charge in [0, 0.05) is 19.0 Å². The first-order valence-electron chi connectivity index (χ1n) is 6.11. The largest absolute Gasteiger partial charge is 0.409 e. The lowest BCUT2D eigenvalue weighted by Gasteiger charge is -2.23. The molecule has 6 heteroatoms. The maximum atomic E-state index is 8.66. The molecule has 0 aromatic heterocycles. The summed E-state index contributed by atoms with van der Waals surface area (Å²) in [5.41, 5.74) is 6.68. The minimum Gasteiger partial charge on any atom is -0.409 e. The third-order valence-electron chi connectivity index (χ3n) is 2.99. The maximum Gasteiger partial charge on any atom is 0.143 e. The Morgan fingerprint density at radius 2 is 2.11 bits per heavy atom. The average Bonchev–Trinajstić information content (AvgIpc) is 2.40. The second-order valence-electron chi connectivity index (χ2n) is 4.50. The zero-order valence-electron chi connectivity index (χ0n) is 11.1. The predicted octanol–water partition coefficient (Wildman–Crippen LogP) is 3.20. The molecule has 0 aliphatic rings. The Bertz CT molecular complexity index is 452. The van der Waals surface area contributed by atoms with Crippen LogP contribution in [0.3, 0.4) is 0 Å². The molecule has 0 radical (unpaired) electrons. The number of oxime groups is 1. The number of amidine groups is 1. The van der Waals surface area contributed by atoms with Crippen LogP contribution in [-0.4, -0.2) is 29.0 Å². The molecule has 0 heterocycles. The molecule has 0 saturated carbocycles. The molecule has 1 aromatic rings. The van der Waals surface area contributed by atoms with Gasteiger partial charge in [0.1, 0.15) is 5.84 Å². The molecule has 0 saturated heterocycles. The fourth-order valence-corrected chi connectivity index (χ4v) is 2.10. The second kappa shape index (κ2) is 7.58. The number of hydrogen-bond donors (Lipinski definition) is 2. The lowest BCUT2D eigenvalue weighted by Crippen LogP contribution is -2.34. The van der Waals surface area contributed by atoms with Crippen LogP contribution in [0.15, 0.2) is 23.4 Å². The van der Waals surface area contributed by atoms with Crippen LogP contribution in [0.5, 0.6) is 0 Å². The standard InChI is InChI=1S/C13H19Cl2N3O/c1-3-18(7-9(2)13(16)17-19)8-10-4-5-11(14)12(15)6-10/h4-6,9,19H,3,7-8H2,1-2H3,(H2,16,17). The van der Waals surface area contributed by atoms with Gasteiger partial charge >= 0.3 is 0 Å². The van der Waals surface area contributed by atoms with Crippen molar-refractivity contribution >= 4 is 29.0 Å². The number of halogens is 2. The zero-order chi connectivity index (χ0) is 14.4. The van der Waals surface area contributed by atoms with E-state index in [9.17, 15) is 0 Å². The van der Waals surface area contributed by atoms with Gasteiger partial charge in [-0.2, -0.15) is 0 Å². The quantitative estimate of drug-likeness (QED) is 0.367. The summed E-state index contributed by atoms with van der Waals surface area (Å²) in [6.07, 6.45) is 0. The van der Waals surface area contributed by atoms with Crippen molar-refractivity contribution in [2.45, 2.75) is 20.4 Å². The first-order valence-corrected chi connectivity index (χ1v) is 6.87. The highest BCUT2D eigenvalue weighted by Crippen LogP contribution is 2.23. The van der Waals surface area contributed by atoms with Gasteiger partial charge in [-0.05, 0) is 24.2 Å². The SMILES string of the molecule is CCN(Cc1ccc(Cl)c(Cl)c1)CC(C)/C(N)=N/O. The highest BCUT2D eigenvalue weighted by atomic mass is 35.5. The molecule has 0 aliphatic heterocycles. The number of nitrogens with zero attached hydrogens (tertiary/aromatic N) is 2. The Morgan fingerprint density at radius 3 is 2.63 bits per heavy atom. The van der Waals surface area contributed by atoms with Gasteiger partial charge in [-0.3, -0.25) is 4.90 Å². The predicted molar refractivity (Wildman–Crippen MR) is 80.0 cm³/mol. The number of nitrogens with two attached hydrogens (primary N) is 1. The van der Waals surface area contributed by atoms with E-state index in [-0.39, 0.29) is 11.8 Å². The number of benzene rings is 1. The Morgan fingerprint density at radius 1 is 1.42 bits per heavy atom. The molecule has 0 spiro atoms. The monoisotopic (exact) mass is 303 g/mol. The van der Waals surface area contributed by atoms with Crippen LogP contribution in [0.4, 0.5) is 0 Å². The highest BCUT2D eigenvalue weighted by Gasteiger charge is 2.13. The van der Waals surface area contributed by atoms with E-state index < -0.39 is 0 Å². The van der Waals surface area contributed by atoms with E-state index in [1.807, 2.05) is 19.1 Å². The summed E-state index contributed by atoms with van der Waals surface area (Å²) in [5, 5.41) is 12.8. The van der Waals surface area contributed by atoms with Gasteiger partial charge in [-0.1, -0.05) is 48.3 Å². The fraction of sp³-hybridized carbons (Fsp3) is 0.462. The van der Waals surface area contributed by atoms with Gasteiger partial charge in [0.25, 0.3) is 0 Å². The molecule has 106 valence electrons. The van der Waals surface area contributed by atoms with Crippen LogP contribution in [0, 0.1) is 5.92 Å². The van der Waals surface area contributed by atoms with Crippen LogP contribution >= 0.6 is 23.2 Å².